The van der Waals surface area contributed by atoms with Crippen molar-refractivity contribution >= 4 is 5.97 Å². The van der Waals surface area contributed by atoms with Crippen molar-refractivity contribution in [1.82, 2.24) is 10.1 Å². The van der Waals surface area contributed by atoms with Crippen molar-refractivity contribution in [2.75, 3.05) is 13.1 Å². The second-order valence-corrected chi connectivity index (χ2v) is 4.45. The summed E-state index contributed by atoms with van der Waals surface area (Å²) in [7, 11) is 0. The number of carboxylic acid groups (broad SMARTS) is 1. The zero-order valence-corrected chi connectivity index (χ0v) is 10.1. The van der Waals surface area contributed by atoms with Gasteiger partial charge in [0.1, 0.15) is 5.56 Å². The Morgan fingerprint density at radius 3 is 3.18 bits per heavy atom. The average Bonchev–Trinajstić information content (AvgIpc) is 2.78. The molecule has 2 heterocycles. The van der Waals surface area contributed by atoms with Crippen molar-refractivity contribution in [3.8, 4) is 0 Å². The predicted molar refractivity (Wildman–Crippen MR) is 62.1 cm³/mol. The van der Waals surface area contributed by atoms with Gasteiger partial charge in [-0.3, -0.25) is 0 Å². The minimum Gasteiger partial charge on any atom is -0.478 e. The van der Waals surface area contributed by atoms with Gasteiger partial charge in [0, 0.05) is 12.5 Å². The largest absolute Gasteiger partial charge is 0.478 e. The molecule has 1 aliphatic heterocycles. The van der Waals surface area contributed by atoms with E-state index in [4.69, 9.17) is 9.63 Å². The van der Waals surface area contributed by atoms with Gasteiger partial charge in [-0.25, -0.2) is 4.79 Å². The van der Waals surface area contributed by atoms with E-state index >= 15 is 0 Å². The molecule has 1 aromatic heterocycles. The molecule has 1 atom stereocenters. The van der Waals surface area contributed by atoms with Gasteiger partial charge >= 0.3 is 5.97 Å². The van der Waals surface area contributed by atoms with Crippen molar-refractivity contribution in [2.24, 2.45) is 0 Å². The Morgan fingerprint density at radius 2 is 2.47 bits per heavy atom. The van der Waals surface area contributed by atoms with Crippen LogP contribution in [0.1, 0.15) is 42.3 Å². The first-order chi connectivity index (χ1) is 8.22. The molecule has 0 aliphatic carbocycles. The summed E-state index contributed by atoms with van der Waals surface area (Å²) in [4.78, 5) is 13.3. The first-order valence-electron chi connectivity index (χ1n) is 6.13. The molecule has 0 spiro atoms. The molecule has 0 amide bonds. The highest BCUT2D eigenvalue weighted by Gasteiger charge is 2.25. The third-order valence-electron chi connectivity index (χ3n) is 3.45. The number of likely N-dealkylation sites (tertiary alicyclic amines) is 1. The number of aromatic nitrogens is 1. The average molecular weight is 238 g/mol. The van der Waals surface area contributed by atoms with Gasteiger partial charge < -0.3 is 14.5 Å². The van der Waals surface area contributed by atoms with E-state index in [2.05, 4.69) is 17.0 Å². The first kappa shape index (κ1) is 12.1. The molecule has 1 N–H and O–H groups in total. The smallest absolute Gasteiger partial charge is 0.340 e. The Morgan fingerprint density at radius 1 is 1.65 bits per heavy atom. The van der Waals surface area contributed by atoms with Crippen LogP contribution in [0, 0.1) is 0 Å². The van der Waals surface area contributed by atoms with E-state index in [0.29, 0.717) is 18.2 Å². The lowest BCUT2D eigenvalue weighted by molar-refractivity contribution is 0.0692. The van der Waals surface area contributed by atoms with E-state index < -0.39 is 5.97 Å². The SMILES string of the molecule is CCN1CCCCC1Cc1oncc1C(=O)O. The molecule has 1 fully saturated rings. The van der Waals surface area contributed by atoms with Crippen LogP contribution in [0.3, 0.4) is 0 Å². The van der Waals surface area contributed by atoms with E-state index in [1.165, 1.54) is 19.0 Å². The van der Waals surface area contributed by atoms with Crippen molar-refractivity contribution in [3.63, 3.8) is 0 Å². The summed E-state index contributed by atoms with van der Waals surface area (Å²) in [5, 5.41) is 12.6. The minimum absolute atomic E-state index is 0.201. The third kappa shape index (κ3) is 2.66. The molecule has 0 radical (unpaired) electrons. The zero-order chi connectivity index (χ0) is 12.3. The molecule has 0 saturated carbocycles. The molecule has 1 aliphatic rings. The summed E-state index contributed by atoms with van der Waals surface area (Å²) in [5.74, 6) is -0.456. The molecular formula is C12H18N2O3. The van der Waals surface area contributed by atoms with Gasteiger partial charge in [0.15, 0.2) is 5.76 Å². The fraction of sp³-hybridized carbons (Fsp3) is 0.667. The van der Waals surface area contributed by atoms with Crippen LogP contribution in [0.4, 0.5) is 0 Å². The fourth-order valence-corrected chi connectivity index (χ4v) is 2.51. The van der Waals surface area contributed by atoms with Crippen LogP contribution in [0.5, 0.6) is 0 Å². The van der Waals surface area contributed by atoms with Gasteiger partial charge in [-0.05, 0) is 25.9 Å². The maximum Gasteiger partial charge on any atom is 0.340 e. The normalized spacial score (nSPS) is 21.6. The molecule has 1 aromatic rings. The molecule has 5 heteroatoms. The molecule has 5 nitrogen and oxygen atoms in total. The number of hydrogen-bond acceptors (Lipinski definition) is 4. The molecule has 2 rings (SSSR count). The number of piperidine rings is 1. The Bertz CT molecular complexity index is 389. The van der Waals surface area contributed by atoms with Gasteiger partial charge in [-0.1, -0.05) is 18.5 Å². The van der Waals surface area contributed by atoms with E-state index in [1.54, 1.807) is 0 Å². The van der Waals surface area contributed by atoms with E-state index in [0.717, 1.165) is 19.5 Å². The van der Waals surface area contributed by atoms with Crippen LogP contribution >= 0.6 is 0 Å². The van der Waals surface area contributed by atoms with Crippen LogP contribution in [0.2, 0.25) is 0 Å². The third-order valence-corrected chi connectivity index (χ3v) is 3.45. The van der Waals surface area contributed by atoms with E-state index in [9.17, 15) is 4.79 Å². The lowest BCUT2D eigenvalue weighted by Crippen LogP contribution is -2.40. The maximum atomic E-state index is 11.0. The van der Waals surface area contributed by atoms with Gasteiger partial charge in [0.05, 0.1) is 6.20 Å². The Labute approximate surface area is 100 Å². The highest BCUT2D eigenvalue weighted by molar-refractivity contribution is 5.88. The van der Waals surface area contributed by atoms with Gasteiger partial charge in [0.2, 0.25) is 0 Å². The highest BCUT2D eigenvalue weighted by Crippen LogP contribution is 2.21. The summed E-state index contributed by atoms with van der Waals surface area (Å²) in [6.45, 7) is 4.23. The summed E-state index contributed by atoms with van der Waals surface area (Å²) < 4.78 is 5.06. The molecule has 1 saturated heterocycles. The fourth-order valence-electron chi connectivity index (χ4n) is 2.51. The molecule has 17 heavy (non-hydrogen) atoms. The monoisotopic (exact) mass is 238 g/mol. The zero-order valence-electron chi connectivity index (χ0n) is 10.1. The van der Waals surface area contributed by atoms with Crippen molar-refractivity contribution < 1.29 is 14.4 Å². The standard InChI is InChI=1S/C12H18N2O3/c1-2-14-6-4-3-5-9(14)7-11-10(12(15)16)8-13-17-11/h8-9H,2-7H2,1H3,(H,15,16). The minimum atomic E-state index is -0.958. The summed E-state index contributed by atoms with van der Waals surface area (Å²) in [5.41, 5.74) is 0.201. The Balaban J connectivity index is 2.08. The topological polar surface area (TPSA) is 66.6 Å². The second-order valence-electron chi connectivity index (χ2n) is 4.45. The lowest BCUT2D eigenvalue weighted by atomic mass is 9.97. The van der Waals surface area contributed by atoms with Crippen molar-refractivity contribution in [3.05, 3.63) is 17.5 Å². The van der Waals surface area contributed by atoms with Gasteiger partial charge in [-0.15, -0.1) is 0 Å². The van der Waals surface area contributed by atoms with Gasteiger partial charge in [0.25, 0.3) is 0 Å². The Kier molecular flexibility index (Phi) is 3.78. The number of nitrogens with zero attached hydrogens (tertiary/aromatic N) is 2. The predicted octanol–water partition coefficient (Wildman–Crippen LogP) is 1.79. The van der Waals surface area contributed by atoms with Crippen LogP contribution in [0.25, 0.3) is 0 Å². The van der Waals surface area contributed by atoms with Crippen LogP contribution < -0.4 is 0 Å². The molecular weight excluding hydrogens is 220 g/mol. The Hall–Kier alpha value is -1.36. The maximum absolute atomic E-state index is 11.0. The molecule has 0 bridgehead atoms. The lowest BCUT2D eigenvalue weighted by Gasteiger charge is -2.34. The van der Waals surface area contributed by atoms with Crippen LogP contribution in [0.15, 0.2) is 10.7 Å². The summed E-state index contributed by atoms with van der Waals surface area (Å²) in [6, 6.07) is 0.389. The van der Waals surface area contributed by atoms with E-state index in [-0.39, 0.29) is 5.56 Å². The number of likely N-dealkylation sites (N-methyl/N-ethyl adjacent to an activating group) is 1. The second kappa shape index (κ2) is 5.31. The molecule has 1 unspecified atom stereocenters. The van der Waals surface area contributed by atoms with Crippen molar-refractivity contribution in [2.45, 2.75) is 38.6 Å². The molecule has 94 valence electrons. The number of rotatable bonds is 4. The highest BCUT2D eigenvalue weighted by atomic mass is 16.5. The first-order valence-corrected chi connectivity index (χ1v) is 6.13. The summed E-state index contributed by atoms with van der Waals surface area (Å²) >= 11 is 0. The van der Waals surface area contributed by atoms with Crippen molar-refractivity contribution in [1.29, 1.82) is 0 Å². The van der Waals surface area contributed by atoms with Crippen LogP contribution in [-0.2, 0) is 6.42 Å². The number of carbonyl (C=O) groups is 1. The van der Waals surface area contributed by atoms with Crippen LogP contribution in [-0.4, -0.2) is 40.3 Å². The number of carboxylic acids is 1. The molecule has 0 aromatic carbocycles. The van der Waals surface area contributed by atoms with Gasteiger partial charge in [-0.2, -0.15) is 0 Å². The summed E-state index contributed by atoms with van der Waals surface area (Å²) in [6.07, 6.45) is 5.48. The van der Waals surface area contributed by atoms with E-state index in [1.807, 2.05) is 0 Å². The number of aromatic carboxylic acids is 1. The quantitative estimate of drug-likeness (QED) is 0.866. The number of hydrogen-bond donors (Lipinski definition) is 1.